The van der Waals surface area contributed by atoms with E-state index >= 15 is 0 Å². The maximum absolute atomic E-state index is 5.99. The van der Waals surface area contributed by atoms with E-state index < -0.39 is 0 Å². The van der Waals surface area contributed by atoms with Crippen molar-refractivity contribution < 1.29 is 0 Å². The summed E-state index contributed by atoms with van der Waals surface area (Å²) in [4.78, 5) is 4.57. The van der Waals surface area contributed by atoms with Crippen molar-refractivity contribution in [1.29, 1.82) is 0 Å². The molecule has 0 fully saturated rings. The zero-order valence-corrected chi connectivity index (χ0v) is 11.6. The van der Waals surface area contributed by atoms with Crippen LogP contribution >= 0.6 is 22.9 Å². The van der Waals surface area contributed by atoms with Crippen LogP contribution in [0.15, 0.2) is 60.0 Å². The zero-order valence-electron chi connectivity index (χ0n) is 10.0. The average molecular weight is 287 g/mol. The minimum Gasteiger partial charge on any atom is -0.332 e. The summed E-state index contributed by atoms with van der Waals surface area (Å²) in [5.74, 6) is 0. The normalized spacial score (nSPS) is 10.4. The van der Waals surface area contributed by atoms with Gasteiger partial charge in [0.1, 0.15) is 0 Å². The molecule has 4 heteroatoms. The van der Waals surface area contributed by atoms with Gasteiger partial charge in [-0.3, -0.25) is 0 Å². The molecule has 2 aromatic carbocycles. The molecule has 2 nitrogen and oxygen atoms in total. The van der Waals surface area contributed by atoms with Gasteiger partial charge in [0.05, 0.1) is 5.69 Å². The van der Waals surface area contributed by atoms with Crippen molar-refractivity contribution >= 4 is 33.8 Å². The third-order valence-corrected chi connectivity index (χ3v) is 3.64. The molecular weight excluding hydrogens is 276 g/mol. The molecule has 0 spiro atoms. The first-order chi connectivity index (χ1) is 9.31. The number of nitrogens with one attached hydrogen (secondary N) is 1. The Balaban J connectivity index is 1.84. The molecule has 0 aliphatic heterocycles. The maximum atomic E-state index is 5.99. The van der Waals surface area contributed by atoms with Gasteiger partial charge in [0, 0.05) is 21.7 Å². The second-order valence-electron chi connectivity index (χ2n) is 4.04. The highest BCUT2D eigenvalue weighted by atomic mass is 35.5. The van der Waals surface area contributed by atoms with Crippen LogP contribution in [0, 0.1) is 0 Å². The van der Waals surface area contributed by atoms with Crippen LogP contribution in [-0.4, -0.2) is 4.98 Å². The number of anilines is 2. The molecule has 0 amide bonds. The van der Waals surface area contributed by atoms with E-state index in [9.17, 15) is 0 Å². The van der Waals surface area contributed by atoms with E-state index in [1.165, 1.54) is 0 Å². The zero-order chi connectivity index (χ0) is 13.1. The lowest BCUT2D eigenvalue weighted by molar-refractivity contribution is 1.38. The van der Waals surface area contributed by atoms with Crippen LogP contribution in [0.2, 0.25) is 5.02 Å². The molecule has 19 heavy (non-hydrogen) atoms. The molecule has 3 rings (SSSR count). The molecule has 0 unspecified atom stereocenters. The van der Waals surface area contributed by atoms with Crippen LogP contribution in [0.1, 0.15) is 0 Å². The molecule has 0 atom stereocenters. The smallest absolute Gasteiger partial charge is 0.187 e. The summed E-state index contributed by atoms with van der Waals surface area (Å²) in [6.45, 7) is 0. The maximum Gasteiger partial charge on any atom is 0.187 e. The van der Waals surface area contributed by atoms with Crippen molar-refractivity contribution in [2.75, 3.05) is 5.32 Å². The Morgan fingerprint density at radius 1 is 1.00 bits per heavy atom. The largest absolute Gasteiger partial charge is 0.332 e. The molecule has 0 aliphatic carbocycles. The summed E-state index contributed by atoms with van der Waals surface area (Å²) in [5.41, 5.74) is 3.00. The van der Waals surface area contributed by atoms with Crippen molar-refractivity contribution in [2.24, 2.45) is 0 Å². The summed E-state index contributed by atoms with van der Waals surface area (Å²) in [7, 11) is 0. The molecule has 0 saturated carbocycles. The molecular formula is C15H11ClN2S. The van der Waals surface area contributed by atoms with Crippen molar-refractivity contribution in [3.63, 3.8) is 0 Å². The van der Waals surface area contributed by atoms with Gasteiger partial charge in [-0.1, -0.05) is 41.9 Å². The first-order valence-electron chi connectivity index (χ1n) is 5.85. The molecule has 1 N–H and O–H groups in total. The number of hydrogen-bond donors (Lipinski definition) is 1. The Labute approximate surface area is 120 Å². The summed E-state index contributed by atoms with van der Waals surface area (Å²) < 4.78 is 0. The highest BCUT2D eigenvalue weighted by Gasteiger charge is 2.05. The number of aromatic nitrogens is 1. The Morgan fingerprint density at radius 2 is 1.84 bits per heavy atom. The summed E-state index contributed by atoms with van der Waals surface area (Å²) in [6, 6.07) is 17.7. The molecule has 0 aliphatic rings. The van der Waals surface area contributed by atoms with Gasteiger partial charge in [-0.05, 0) is 24.3 Å². The van der Waals surface area contributed by atoms with Crippen molar-refractivity contribution in [3.8, 4) is 11.3 Å². The van der Waals surface area contributed by atoms with E-state index in [1.54, 1.807) is 11.3 Å². The van der Waals surface area contributed by atoms with Gasteiger partial charge in [0.25, 0.3) is 0 Å². The van der Waals surface area contributed by atoms with Crippen LogP contribution in [0.5, 0.6) is 0 Å². The van der Waals surface area contributed by atoms with Crippen molar-refractivity contribution in [3.05, 3.63) is 65.0 Å². The topological polar surface area (TPSA) is 24.9 Å². The fourth-order valence-electron chi connectivity index (χ4n) is 1.76. The second kappa shape index (κ2) is 5.43. The predicted octanol–water partition coefficient (Wildman–Crippen LogP) is 5.21. The lowest BCUT2D eigenvalue weighted by Crippen LogP contribution is -1.88. The summed E-state index contributed by atoms with van der Waals surface area (Å²) >= 11 is 7.57. The van der Waals surface area contributed by atoms with Crippen LogP contribution in [0.3, 0.4) is 0 Å². The number of thiazole rings is 1. The Kier molecular flexibility index (Phi) is 3.49. The Morgan fingerprint density at radius 3 is 2.63 bits per heavy atom. The molecule has 0 bridgehead atoms. The number of nitrogens with zero attached hydrogens (tertiary/aromatic N) is 1. The number of hydrogen-bond acceptors (Lipinski definition) is 3. The monoisotopic (exact) mass is 286 g/mol. The quantitative estimate of drug-likeness (QED) is 0.715. The number of halogens is 1. The third-order valence-electron chi connectivity index (χ3n) is 2.65. The van der Waals surface area contributed by atoms with E-state index in [2.05, 4.69) is 10.3 Å². The molecule has 94 valence electrons. The minimum absolute atomic E-state index is 0.725. The minimum atomic E-state index is 0.725. The Hall–Kier alpha value is -1.84. The van der Waals surface area contributed by atoms with Gasteiger partial charge in [0.2, 0.25) is 0 Å². The Bertz CT molecular complexity index is 679. The lowest BCUT2D eigenvalue weighted by atomic mass is 10.2. The van der Waals surface area contributed by atoms with Crippen LogP contribution in [-0.2, 0) is 0 Å². The van der Waals surface area contributed by atoms with Gasteiger partial charge in [0.15, 0.2) is 5.13 Å². The molecule has 0 saturated heterocycles. The van der Waals surface area contributed by atoms with Gasteiger partial charge >= 0.3 is 0 Å². The standard InChI is InChI=1S/C15H11ClN2S/c16-12-6-4-5-11(9-12)14-10-19-15(18-14)17-13-7-2-1-3-8-13/h1-10H,(H,17,18). The van der Waals surface area contributed by atoms with Crippen molar-refractivity contribution in [2.45, 2.75) is 0 Å². The van der Waals surface area contributed by atoms with Crippen molar-refractivity contribution in [1.82, 2.24) is 4.98 Å². The van der Waals surface area contributed by atoms with E-state index in [1.807, 2.05) is 60.0 Å². The van der Waals surface area contributed by atoms with Crippen LogP contribution in [0.25, 0.3) is 11.3 Å². The van der Waals surface area contributed by atoms with E-state index in [4.69, 9.17) is 11.6 Å². The van der Waals surface area contributed by atoms with Gasteiger partial charge in [-0.15, -0.1) is 11.3 Å². The fourth-order valence-corrected chi connectivity index (χ4v) is 2.69. The lowest BCUT2D eigenvalue weighted by Gasteiger charge is -2.01. The highest BCUT2D eigenvalue weighted by molar-refractivity contribution is 7.14. The van der Waals surface area contributed by atoms with Crippen LogP contribution < -0.4 is 5.32 Å². The average Bonchev–Trinajstić information content (AvgIpc) is 2.88. The van der Waals surface area contributed by atoms with Gasteiger partial charge in [-0.2, -0.15) is 0 Å². The van der Waals surface area contributed by atoms with E-state index in [0.717, 1.165) is 27.1 Å². The van der Waals surface area contributed by atoms with Gasteiger partial charge in [-0.25, -0.2) is 4.98 Å². The predicted molar refractivity (Wildman–Crippen MR) is 82.3 cm³/mol. The summed E-state index contributed by atoms with van der Waals surface area (Å²) in [6.07, 6.45) is 0. The van der Waals surface area contributed by atoms with Crippen LogP contribution in [0.4, 0.5) is 10.8 Å². The second-order valence-corrected chi connectivity index (χ2v) is 5.33. The fraction of sp³-hybridized carbons (Fsp3) is 0. The van der Waals surface area contributed by atoms with Gasteiger partial charge < -0.3 is 5.32 Å². The first-order valence-corrected chi connectivity index (χ1v) is 7.10. The summed E-state index contributed by atoms with van der Waals surface area (Å²) in [5, 5.41) is 6.91. The number of para-hydroxylation sites is 1. The number of rotatable bonds is 3. The molecule has 3 aromatic rings. The highest BCUT2D eigenvalue weighted by Crippen LogP contribution is 2.28. The first kappa shape index (κ1) is 12.2. The molecule has 1 heterocycles. The SMILES string of the molecule is Clc1cccc(-c2csc(Nc3ccccc3)n2)c1. The van der Waals surface area contributed by atoms with E-state index in [-0.39, 0.29) is 0 Å². The number of benzene rings is 2. The molecule has 0 radical (unpaired) electrons. The molecule has 1 aromatic heterocycles. The third kappa shape index (κ3) is 2.95. The van der Waals surface area contributed by atoms with E-state index in [0.29, 0.717) is 0 Å².